The molecule has 0 radical (unpaired) electrons. The molecule has 1 aliphatic carbocycles. The summed E-state index contributed by atoms with van der Waals surface area (Å²) in [5.41, 5.74) is 2.52. The molecule has 0 aliphatic heterocycles. The Balaban J connectivity index is 1.59. The summed E-state index contributed by atoms with van der Waals surface area (Å²) in [7, 11) is 0. The highest BCUT2D eigenvalue weighted by atomic mass is 16.5. The van der Waals surface area contributed by atoms with Gasteiger partial charge in [-0.15, -0.1) is 0 Å². The highest BCUT2D eigenvalue weighted by Gasteiger charge is 2.18. The van der Waals surface area contributed by atoms with E-state index in [0.29, 0.717) is 6.61 Å². The van der Waals surface area contributed by atoms with Crippen molar-refractivity contribution < 1.29 is 10.1 Å². The van der Waals surface area contributed by atoms with Crippen molar-refractivity contribution >= 4 is 0 Å². The maximum absolute atomic E-state index is 6.02. The van der Waals surface area contributed by atoms with E-state index in [1.54, 1.807) is 0 Å². The van der Waals surface area contributed by atoms with E-state index in [4.69, 9.17) is 4.74 Å². The molecule has 1 saturated carbocycles. The van der Waals surface area contributed by atoms with E-state index in [0.717, 1.165) is 18.3 Å². The van der Waals surface area contributed by atoms with Crippen LogP contribution in [0.1, 0.15) is 36.8 Å². The van der Waals surface area contributed by atoms with E-state index in [1.807, 2.05) is 6.07 Å². The average Bonchev–Trinajstić information content (AvgIpc) is 3.06. The minimum atomic E-state index is 0.640. The maximum atomic E-state index is 6.02. The molecule has 1 fully saturated rings. The summed E-state index contributed by atoms with van der Waals surface area (Å²) in [6.07, 6.45) is 5.53. The van der Waals surface area contributed by atoms with Gasteiger partial charge in [-0.05, 0) is 43.4 Å². The third-order valence-electron chi connectivity index (χ3n) is 4.28. The molecule has 0 heterocycles. The Labute approximate surface area is 127 Å². The lowest BCUT2D eigenvalue weighted by atomic mass is 10.1. The predicted octanol–water partition coefficient (Wildman–Crippen LogP) is 3.27. The molecule has 110 valence electrons. The minimum absolute atomic E-state index is 0.640. The van der Waals surface area contributed by atoms with Crippen LogP contribution in [0.5, 0.6) is 5.75 Å². The van der Waals surface area contributed by atoms with Gasteiger partial charge in [-0.2, -0.15) is 0 Å². The molecule has 0 unspecified atom stereocenters. The highest BCUT2D eigenvalue weighted by Crippen LogP contribution is 2.19. The first-order valence-corrected chi connectivity index (χ1v) is 8.00. The Morgan fingerprint density at radius 1 is 0.905 bits per heavy atom. The third kappa shape index (κ3) is 4.08. The molecule has 0 atom stereocenters. The number of para-hydroxylation sites is 1. The van der Waals surface area contributed by atoms with Gasteiger partial charge in [0, 0.05) is 5.56 Å². The molecule has 3 rings (SSSR count). The van der Waals surface area contributed by atoms with Crippen molar-refractivity contribution in [1.82, 2.24) is 0 Å². The molecule has 0 spiro atoms. The first-order valence-electron chi connectivity index (χ1n) is 8.00. The van der Waals surface area contributed by atoms with Crippen molar-refractivity contribution in [2.75, 3.05) is 0 Å². The summed E-state index contributed by atoms with van der Waals surface area (Å²) >= 11 is 0. The van der Waals surface area contributed by atoms with Crippen LogP contribution in [0, 0.1) is 0 Å². The van der Waals surface area contributed by atoms with Gasteiger partial charge >= 0.3 is 0 Å². The maximum Gasteiger partial charge on any atom is 0.128 e. The Morgan fingerprint density at radius 3 is 2.43 bits per heavy atom. The molecule has 2 N–H and O–H groups in total. The summed E-state index contributed by atoms with van der Waals surface area (Å²) < 4.78 is 6.02. The number of nitrogens with two attached hydrogens (primary N) is 1. The molecule has 0 bridgehead atoms. The fraction of sp³-hybridized carbons (Fsp3) is 0.368. The Bertz CT molecular complexity index is 547. The smallest absolute Gasteiger partial charge is 0.128 e. The van der Waals surface area contributed by atoms with Crippen LogP contribution in [0.2, 0.25) is 0 Å². The first-order chi connectivity index (χ1) is 10.4. The standard InChI is InChI=1S/C19H23NO/c1-2-8-16(9-3-1)15-21-19-13-7-4-10-17(19)14-20-18-11-5-6-12-18/h1-4,7-10,13,18,20H,5-6,11-12,14-15H2/p+1. The van der Waals surface area contributed by atoms with Gasteiger partial charge in [0.05, 0.1) is 6.04 Å². The number of hydrogen-bond acceptors (Lipinski definition) is 1. The van der Waals surface area contributed by atoms with Crippen LogP contribution in [0.15, 0.2) is 54.6 Å². The molecule has 2 aromatic rings. The van der Waals surface area contributed by atoms with Gasteiger partial charge in [-0.3, -0.25) is 0 Å². The molecule has 1 aliphatic rings. The summed E-state index contributed by atoms with van der Waals surface area (Å²) in [6.45, 7) is 1.66. The minimum Gasteiger partial charge on any atom is -0.488 e. The average molecular weight is 282 g/mol. The Kier molecular flexibility index (Phi) is 4.90. The predicted molar refractivity (Wildman–Crippen MR) is 85.1 cm³/mol. The van der Waals surface area contributed by atoms with Gasteiger partial charge in [0.2, 0.25) is 0 Å². The molecule has 2 nitrogen and oxygen atoms in total. The van der Waals surface area contributed by atoms with Crippen LogP contribution in [0.3, 0.4) is 0 Å². The van der Waals surface area contributed by atoms with Gasteiger partial charge in [0.1, 0.15) is 18.9 Å². The molecule has 0 amide bonds. The van der Waals surface area contributed by atoms with E-state index in [1.165, 1.54) is 36.8 Å². The number of rotatable bonds is 6. The van der Waals surface area contributed by atoms with Gasteiger partial charge in [-0.25, -0.2) is 0 Å². The monoisotopic (exact) mass is 282 g/mol. The van der Waals surface area contributed by atoms with Crippen LogP contribution < -0.4 is 10.1 Å². The number of hydrogen-bond donors (Lipinski definition) is 1. The van der Waals surface area contributed by atoms with E-state index < -0.39 is 0 Å². The summed E-state index contributed by atoms with van der Waals surface area (Å²) in [6, 6.07) is 19.6. The van der Waals surface area contributed by atoms with Gasteiger partial charge in [0.15, 0.2) is 0 Å². The normalized spacial score (nSPS) is 15.2. The Hall–Kier alpha value is -1.80. The first kappa shape index (κ1) is 14.2. The van der Waals surface area contributed by atoms with E-state index >= 15 is 0 Å². The second-order valence-corrected chi connectivity index (χ2v) is 5.87. The highest BCUT2D eigenvalue weighted by molar-refractivity contribution is 5.32. The second-order valence-electron chi connectivity index (χ2n) is 5.87. The number of ether oxygens (including phenoxy) is 1. The lowest BCUT2D eigenvalue weighted by molar-refractivity contribution is -0.703. The van der Waals surface area contributed by atoms with Gasteiger partial charge in [-0.1, -0.05) is 42.5 Å². The fourth-order valence-corrected chi connectivity index (χ4v) is 3.04. The van der Waals surface area contributed by atoms with E-state index in [-0.39, 0.29) is 0 Å². The van der Waals surface area contributed by atoms with Gasteiger partial charge in [0.25, 0.3) is 0 Å². The zero-order valence-electron chi connectivity index (χ0n) is 12.5. The fourth-order valence-electron chi connectivity index (χ4n) is 3.04. The molecule has 0 saturated heterocycles. The lowest BCUT2D eigenvalue weighted by Gasteiger charge is -2.13. The van der Waals surface area contributed by atoms with Crippen LogP contribution in [-0.4, -0.2) is 6.04 Å². The summed E-state index contributed by atoms with van der Waals surface area (Å²) in [4.78, 5) is 0. The summed E-state index contributed by atoms with van der Waals surface area (Å²) in [5.74, 6) is 1.02. The van der Waals surface area contributed by atoms with Crippen molar-refractivity contribution in [2.45, 2.75) is 44.9 Å². The second kappa shape index (κ2) is 7.28. The largest absolute Gasteiger partial charge is 0.488 e. The van der Waals surface area contributed by atoms with Crippen molar-refractivity contribution in [1.29, 1.82) is 0 Å². The zero-order valence-corrected chi connectivity index (χ0v) is 12.5. The topological polar surface area (TPSA) is 25.8 Å². The number of benzene rings is 2. The Morgan fingerprint density at radius 2 is 1.62 bits per heavy atom. The van der Waals surface area contributed by atoms with Crippen molar-refractivity contribution in [3.8, 4) is 5.75 Å². The van der Waals surface area contributed by atoms with Crippen LogP contribution in [-0.2, 0) is 13.2 Å². The van der Waals surface area contributed by atoms with E-state index in [2.05, 4.69) is 53.8 Å². The molecule has 0 aromatic heterocycles. The quantitative estimate of drug-likeness (QED) is 0.864. The lowest BCUT2D eigenvalue weighted by Crippen LogP contribution is -2.87. The number of quaternary nitrogens is 1. The van der Waals surface area contributed by atoms with Crippen LogP contribution in [0.4, 0.5) is 0 Å². The molecular formula is C19H24NO+. The van der Waals surface area contributed by atoms with Crippen molar-refractivity contribution in [3.63, 3.8) is 0 Å². The van der Waals surface area contributed by atoms with Crippen LogP contribution >= 0.6 is 0 Å². The zero-order chi connectivity index (χ0) is 14.3. The molecule has 21 heavy (non-hydrogen) atoms. The third-order valence-corrected chi connectivity index (χ3v) is 4.28. The van der Waals surface area contributed by atoms with Crippen molar-refractivity contribution in [2.24, 2.45) is 0 Å². The molecular weight excluding hydrogens is 258 g/mol. The molecule has 2 aromatic carbocycles. The van der Waals surface area contributed by atoms with Gasteiger partial charge < -0.3 is 10.1 Å². The SMILES string of the molecule is c1ccc(COc2ccccc2C[NH2+]C2CCCC2)cc1. The van der Waals surface area contributed by atoms with E-state index in [9.17, 15) is 0 Å². The van der Waals surface area contributed by atoms with Crippen molar-refractivity contribution in [3.05, 3.63) is 65.7 Å². The molecule has 2 heteroatoms. The summed E-state index contributed by atoms with van der Waals surface area (Å²) in [5, 5.41) is 2.48. The van der Waals surface area contributed by atoms with Crippen LogP contribution in [0.25, 0.3) is 0 Å².